The van der Waals surface area contributed by atoms with Gasteiger partial charge in [-0.2, -0.15) is 0 Å². The SMILES string of the molecule is O=S(=O)(NCC1CCCN1)c1cn2c(n1)CCCC2. The summed E-state index contributed by atoms with van der Waals surface area (Å²) >= 11 is 0. The fraction of sp³-hybridized carbons (Fsp3) is 0.750. The van der Waals surface area contributed by atoms with Crippen LogP contribution in [0.5, 0.6) is 0 Å². The lowest BCUT2D eigenvalue weighted by Crippen LogP contribution is -2.37. The van der Waals surface area contributed by atoms with Crippen LogP contribution in [-0.4, -0.2) is 37.1 Å². The highest BCUT2D eigenvalue weighted by molar-refractivity contribution is 7.89. The molecule has 0 saturated carbocycles. The quantitative estimate of drug-likeness (QED) is 0.831. The largest absolute Gasteiger partial charge is 0.333 e. The highest BCUT2D eigenvalue weighted by atomic mass is 32.2. The van der Waals surface area contributed by atoms with Gasteiger partial charge in [-0.05, 0) is 32.2 Å². The van der Waals surface area contributed by atoms with Crippen LogP contribution >= 0.6 is 0 Å². The monoisotopic (exact) mass is 284 g/mol. The molecule has 0 bridgehead atoms. The van der Waals surface area contributed by atoms with Crippen LogP contribution in [0.4, 0.5) is 0 Å². The van der Waals surface area contributed by atoms with Gasteiger partial charge in [0.15, 0.2) is 5.03 Å². The van der Waals surface area contributed by atoms with E-state index in [1.165, 1.54) is 0 Å². The molecule has 2 aliphatic rings. The summed E-state index contributed by atoms with van der Waals surface area (Å²) in [5.74, 6) is 0.894. The van der Waals surface area contributed by atoms with Crippen LogP contribution in [0.3, 0.4) is 0 Å². The van der Waals surface area contributed by atoms with Gasteiger partial charge in [-0.1, -0.05) is 0 Å². The van der Waals surface area contributed by atoms with Crippen molar-refractivity contribution in [1.29, 1.82) is 0 Å². The fourth-order valence-corrected chi connectivity index (χ4v) is 3.79. The van der Waals surface area contributed by atoms with Crippen LogP contribution in [0.1, 0.15) is 31.5 Å². The smallest absolute Gasteiger partial charge is 0.259 e. The first kappa shape index (κ1) is 13.1. The van der Waals surface area contributed by atoms with Crippen molar-refractivity contribution in [3.63, 3.8) is 0 Å². The minimum absolute atomic E-state index is 0.169. The summed E-state index contributed by atoms with van der Waals surface area (Å²) in [6.45, 7) is 2.30. The normalized spacial score (nSPS) is 23.5. The Labute approximate surface area is 113 Å². The van der Waals surface area contributed by atoms with Gasteiger partial charge < -0.3 is 9.88 Å². The number of nitrogens with zero attached hydrogens (tertiary/aromatic N) is 2. The fourth-order valence-electron chi connectivity index (χ4n) is 2.73. The molecule has 7 heteroatoms. The van der Waals surface area contributed by atoms with Crippen LogP contribution in [0.25, 0.3) is 0 Å². The molecule has 19 heavy (non-hydrogen) atoms. The van der Waals surface area contributed by atoms with Crippen molar-refractivity contribution in [2.75, 3.05) is 13.1 Å². The van der Waals surface area contributed by atoms with Gasteiger partial charge in [0, 0.05) is 31.7 Å². The van der Waals surface area contributed by atoms with Gasteiger partial charge in [0.05, 0.1) is 0 Å². The summed E-state index contributed by atoms with van der Waals surface area (Å²) in [6.07, 6.45) is 6.88. The summed E-state index contributed by atoms with van der Waals surface area (Å²) in [5, 5.41) is 3.45. The predicted octanol–water partition coefficient (Wildman–Crippen LogP) is 0.250. The molecular weight excluding hydrogens is 264 g/mol. The lowest BCUT2D eigenvalue weighted by Gasteiger charge is -2.11. The molecular formula is C12H20N4O2S. The van der Waals surface area contributed by atoms with E-state index in [1.807, 2.05) is 4.57 Å². The molecule has 3 rings (SSSR count). The second-order valence-corrected chi connectivity index (χ2v) is 7.00. The van der Waals surface area contributed by atoms with E-state index in [2.05, 4.69) is 15.0 Å². The molecule has 1 saturated heterocycles. The standard InChI is InChI=1S/C12H20N4O2S/c17-19(18,14-8-10-4-3-6-13-10)12-9-16-7-2-1-5-11(16)15-12/h9-10,13-14H,1-8H2. The third-order valence-electron chi connectivity index (χ3n) is 3.84. The molecule has 1 fully saturated rings. The summed E-state index contributed by atoms with van der Waals surface area (Å²) in [6, 6.07) is 0.256. The highest BCUT2D eigenvalue weighted by Crippen LogP contribution is 2.17. The van der Waals surface area contributed by atoms with E-state index < -0.39 is 10.0 Å². The molecule has 3 heterocycles. The maximum atomic E-state index is 12.2. The maximum absolute atomic E-state index is 12.2. The van der Waals surface area contributed by atoms with E-state index in [0.29, 0.717) is 6.54 Å². The number of rotatable bonds is 4. The van der Waals surface area contributed by atoms with Crippen LogP contribution in [0.15, 0.2) is 11.2 Å². The second-order valence-electron chi connectivity index (χ2n) is 5.29. The Hall–Kier alpha value is -0.920. The van der Waals surface area contributed by atoms with E-state index in [0.717, 1.165) is 51.0 Å². The average molecular weight is 284 g/mol. The molecule has 0 amide bonds. The Morgan fingerprint density at radius 3 is 3.05 bits per heavy atom. The number of fused-ring (bicyclic) bond motifs is 1. The third-order valence-corrected chi connectivity index (χ3v) is 5.14. The lowest BCUT2D eigenvalue weighted by molar-refractivity contribution is 0.522. The van der Waals surface area contributed by atoms with Crippen molar-refractivity contribution in [2.45, 2.75) is 49.7 Å². The summed E-state index contributed by atoms with van der Waals surface area (Å²) in [5.41, 5.74) is 0. The topological polar surface area (TPSA) is 76.0 Å². The Kier molecular flexibility index (Phi) is 3.60. The third kappa shape index (κ3) is 2.82. The Bertz CT molecular complexity index is 523. The first-order valence-electron chi connectivity index (χ1n) is 6.94. The molecule has 2 N–H and O–H groups in total. The van der Waals surface area contributed by atoms with Crippen molar-refractivity contribution in [3.05, 3.63) is 12.0 Å². The zero-order valence-corrected chi connectivity index (χ0v) is 11.7. The molecule has 0 aromatic carbocycles. The molecule has 6 nitrogen and oxygen atoms in total. The zero-order chi connectivity index (χ0) is 13.3. The number of imidazole rings is 1. The summed E-state index contributed by atoms with van der Waals surface area (Å²) in [4.78, 5) is 4.26. The van der Waals surface area contributed by atoms with Gasteiger partial charge >= 0.3 is 0 Å². The molecule has 1 atom stereocenters. The molecule has 1 aromatic heterocycles. The minimum Gasteiger partial charge on any atom is -0.333 e. The number of nitrogens with one attached hydrogen (secondary N) is 2. The number of aryl methyl sites for hydroxylation is 2. The van der Waals surface area contributed by atoms with Gasteiger partial charge in [0.1, 0.15) is 5.82 Å². The van der Waals surface area contributed by atoms with Crippen LogP contribution in [-0.2, 0) is 23.0 Å². The maximum Gasteiger partial charge on any atom is 0.259 e. The molecule has 2 aliphatic heterocycles. The molecule has 0 aliphatic carbocycles. The average Bonchev–Trinajstić information content (AvgIpc) is 3.05. The number of aromatic nitrogens is 2. The predicted molar refractivity (Wildman–Crippen MR) is 71.4 cm³/mol. The number of hydrogen-bond acceptors (Lipinski definition) is 4. The van der Waals surface area contributed by atoms with Crippen molar-refractivity contribution in [2.24, 2.45) is 0 Å². The van der Waals surface area contributed by atoms with Gasteiger partial charge in [-0.3, -0.25) is 0 Å². The molecule has 106 valence electrons. The Morgan fingerprint density at radius 2 is 2.32 bits per heavy atom. The van der Waals surface area contributed by atoms with Crippen LogP contribution < -0.4 is 10.0 Å². The number of hydrogen-bond donors (Lipinski definition) is 2. The van der Waals surface area contributed by atoms with Gasteiger partial charge in [-0.15, -0.1) is 0 Å². The van der Waals surface area contributed by atoms with Crippen molar-refractivity contribution in [1.82, 2.24) is 19.6 Å². The molecule has 1 unspecified atom stereocenters. The van der Waals surface area contributed by atoms with Gasteiger partial charge in [0.25, 0.3) is 10.0 Å². The second kappa shape index (κ2) is 5.22. The minimum atomic E-state index is -3.46. The molecule has 0 radical (unpaired) electrons. The van der Waals surface area contributed by atoms with Crippen LogP contribution in [0, 0.1) is 0 Å². The van der Waals surface area contributed by atoms with E-state index in [4.69, 9.17) is 0 Å². The molecule has 0 spiro atoms. The van der Waals surface area contributed by atoms with Crippen molar-refractivity contribution < 1.29 is 8.42 Å². The van der Waals surface area contributed by atoms with Crippen LogP contribution in [0.2, 0.25) is 0 Å². The lowest BCUT2D eigenvalue weighted by atomic mass is 10.2. The Balaban J connectivity index is 1.70. The Morgan fingerprint density at radius 1 is 1.42 bits per heavy atom. The van der Waals surface area contributed by atoms with Gasteiger partial charge in [-0.25, -0.2) is 18.1 Å². The van der Waals surface area contributed by atoms with Crippen molar-refractivity contribution in [3.8, 4) is 0 Å². The summed E-state index contributed by atoms with van der Waals surface area (Å²) in [7, 11) is -3.46. The van der Waals surface area contributed by atoms with E-state index >= 15 is 0 Å². The first-order chi connectivity index (χ1) is 9.15. The van der Waals surface area contributed by atoms with E-state index in [1.54, 1.807) is 6.20 Å². The van der Waals surface area contributed by atoms with Crippen molar-refractivity contribution >= 4 is 10.0 Å². The highest BCUT2D eigenvalue weighted by Gasteiger charge is 2.23. The molecule has 1 aromatic rings. The first-order valence-corrected chi connectivity index (χ1v) is 8.42. The van der Waals surface area contributed by atoms with E-state index in [-0.39, 0.29) is 11.1 Å². The zero-order valence-electron chi connectivity index (χ0n) is 10.9. The summed E-state index contributed by atoms with van der Waals surface area (Å²) < 4.78 is 29.0. The number of sulfonamides is 1. The van der Waals surface area contributed by atoms with Gasteiger partial charge in [0.2, 0.25) is 0 Å². The van der Waals surface area contributed by atoms with E-state index in [9.17, 15) is 8.42 Å².